The van der Waals surface area contributed by atoms with Gasteiger partial charge in [-0.3, -0.25) is 9.59 Å². The summed E-state index contributed by atoms with van der Waals surface area (Å²) in [5.74, 6) is -0.588. The Hall–Kier alpha value is -2.09. The van der Waals surface area contributed by atoms with Crippen molar-refractivity contribution in [1.82, 2.24) is 5.32 Å². The smallest absolute Gasteiger partial charge is 0.356 e. The van der Waals surface area contributed by atoms with Gasteiger partial charge in [0, 0.05) is 31.6 Å². The number of anilines is 1. The molecule has 0 radical (unpaired) electrons. The number of halogens is 3. The molecule has 0 spiro atoms. The van der Waals surface area contributed by atoms with Crippen molar-refractivity contribution in [3.8, 4) is 0 Å². The molecule has 1 aromatic carbocycles. The van der Waals surface area contributed by atoms with Gasteiger partial charge in [-0.05, 0) is 36.6 Å². The highest BCUT2D eigenvalue weighted by atomic mass is 19.4. The first-order valence-corrected chi connectivity index (χ1v) is 7.74. The molecular formula is C16H22F3N3O2. The van der Waals surface area contributed by atoms with E-state index in [4.69, 9.17) is 5.73 Å². The average molecular weight is 345 g/mol. The van der Waals surface area contributed by atoms with Crippen LogP contribution in [0.1, 0.15) is 43.7 Å². The Labute approximate surface area is 138 Å². The lowest BCUT2D eigenvalue weighted by molar-refractivity contribution is -0.137. The molecule has 1 rings (SSSR count). The van der Waals surface area contributed by atoms with Crippen LogP contribution in [0.15, 0.2) is 18.2 Å². The summed E-state index contributed by atoms with van der Waals surface area (Å²) in [7, 11) is 0. The van der Waals surface area contributed by atoms with Crippen molar-refractivity contribution >= 4 is 17.5 Å². The summed E-state index contributed by atoms with van der Waals surface area (Å²) < 4.78 is 38.5. The molecule has 0 fully saturated rings. The van der Waals surface area contributed by atoms with E-state index in [0.717, 1.165) is 18.6 Å². The van der Waals surface area contributed by atoms with Crippen molar-refractivity contribution in [2.75, 3.05) is 11.9 Å². The molecule has 0 unspecified atom stereocenters. The van der Waals surface area contributed by atoms with Crippen LogP contribution < -0.4 is 16.4 Å². The van der Waals surface area contributed by atoms with Gasteiger partial charge in [-0.15, -0.1) is 0 Å². The normalized spacial score (nSPS) is 11.2. The van der Waals surface area contributed by atoms with E-state index in [1.54, 1.807) is 0 Å². The van der Waals surface area contributed by atoms with Crippen LogP contribution in [0.4, 0.5) is 18.9 Å². The van der Waals surface area contributed by atoms with Gasteiger partial charge in [-0.2, -0.15) is 13.2 Å². The third kappa shape index (κ3) is 6.99. The molecule has 0 saturated heterocycles. The van der Waals surface area contributed by atoms with Gasteiger partial charge < -0.3 is 16.4 Å². The van der Waals surface area contributed by atoms with E-state index < -0.39 is 17.6 Å². The molecule has 2 amide bonds. The predicted molar refractivity (Wildman–Crippen MR) is 85.1 cm³/mol. The monoisotopic (exact) mass is 345 g/mol. The van der Waals surface area contributed by atoms with Gasteiger partial charge in [0.05, 0.1) is 5.56 Å². The molecule has 24 heavy (non-hydrogen) atoms. The molecule has 8 heteroatoms. The number of carbonyl (C=O) groups is 2. The number of rotatable bonds is 8. The summed E-state index contributed by atoms with van der Waals surface area (Å²) in [5, 5.41) is 5.11. The van der Waals surface area contributed by atoms with Crippen LogP contribution in [0.25, 0.3) is 0 Å². The van der Waals surface area contributed by atoms with Crippen LogP contribution in [-0.4, -0.2) is 18.4 Å². The second-order valence-corrected chi connectivity index (χ2v) is 5.37. The van der Waals surface area contributed by atoms with Crippen LogP contribution in [0.3, 0.4) is 0 Å². The fourth-order valence-electron chi connectivity index (χ4n) is 2.03. The molecule has 5 nitrogen and oxygen atoms in total. The van der Waals surface area contributed by atoms with Crippen molar-refractivity contribution in [3.05, 3.63) is 29.3 Å². The standard InChI is InChI=1S/C16H22F3N3O2/c1-2-6-21-14(23)4-3-5-15(24)22-13-8-11(10-20)7-12(9-13)16(17,18)19/h7-9H,2-6,10,20H2,1H3,(H,21,23)(H,22,24). The van der Waals surface area contributed by atoms with Crippen LogP contribution in [-0.2, 0) is 22.3 Å². The first kappa shape index (κ1) is 20.0. The third-order valence-electron chi connectivity index (χ3n) is 3.22. The summed E-state index contributed by atoms with van der Waals surface area (Å²) in [6.45, 7) is 2.44. The SMILES string of the molecule is CCCNC(=O)CCCC(=O)Nc1cc(CN)cc(C(F)(F)F)c1. The number of nitrogens with one attached hydrogen (secondary N) is 2. The Morgan fingerprint density at radius 3 is 2.38 bits per heavy atom. The van der Waals surface area contributed by atoms with E-state index in [2.05, 4.69) is 10.6 Å². The van der Waals surface area contributed by atoms with Crippen LogP contribution in [0.5, 0.6) is 0 Å². The molecule has 134 valence electrons. The van der Waals surface area contributed by atoms with Gasteiger partial charge in [0.15, 0.2) is 0 Å². The van der Waals surface area contributed by atoms with Crippen molar-refractivity contribution in [2.45, 2.75) is 45.3 Å². The number of nitrogens with two attached hydrogens (primary N) is 1. The molecule has 0 aliphatic carbocycles. The first-order chi connectivity index (χ1) is 11.3. The Balaban J connectivity index is 2.59. The van der Waals surface area contributed by atoms with E-state index in [-0.39, 0.29) is 36.5 Å². The minimum absolute atomic E-state index is 0.0470. The number of amides is 2. The van der Waals surface area contributed by atoms with Crippen molar-refractivity contribution in [2.24, 2.45) is 5.73 Å². The topological polar surface area (TPSA) is 84.2 Å². The Kier molecular flexibility index (Phi) is 7.70. The summed E-state index contributed by atoms with van der Waals surface area (Å²) >= 11 is 0. The fourth-order valence-corrected chi connectivity index (χ4v) is 2.03. The van der Waals surface area contributed by atoms with Crippen LogP contribution >= 0.6 is 0 Å². The first-order valence-electron chi connectivity index (χ1n) is 7.74. The van der Waals surface area contributed by atoms with E-state index >= 15 is 0 Å². The highest BCUT2D eigenvalue weighted by Crippen LogP contribution is 2.32. The average Bonchev–Trinajstić information content (AvgIpc) is 2.51. The molecule has 0 aliphatic heterocycles. The highest BCUT2D eigenvalue weighted by Gasteiger charge is 2.31. The zero-order valence-electron chi connectivity index (χ0n) is 13.5. The zero-order chi connectivity index (χ0) is 18.2. The molecule has 0 bridgehead atoms. The number of alkyl halides is 3. The van der Waals surface area contributed by atoms with Crippen molar-refractivity contribution in [3.63, 3.8) is 0 Å². The van der Waals surface area contributed by atoms with Gasteiger partial charge in [0.1, 0.15) is 0 Å². The molecular weight excluding hydrogens is 323 g/mol. The Morgan fingerprint density at radius 2 is 1.79 bits per heavy atom. The lowest BCUT2D eigenvalue weighted by Crippen LogP contribution is -2.24. The van der Waals surface area contributed by atoms with Gasteiger partial charge >= 0.3 is 6.18 Å². The summed E-state index contributed by atoms with van der Waals surface area (Å²) in [6.07, 6.45) is -3.12. The highest BCUT2D eigenvalue weighted by molar-refractivity contribution is 5.91. The lowest BCUT2D eigenvalue weighted by Gasteiger charge is -2.12. The van der Waals surface area contributed by atoms with Crippen molar-refractivity contribution in [1.29, 1.82) is 0 Å². The van der Waals surface area contributed by atoms with Gasteiger partial charge in [-0.1, -0.05) is 6.92 Å². The number of hydrogen-bond donors (Lipinski definition) is 3. The minimum Gasteiger partial charge on any atom is -0.356 e. The van der Waals surface area contributed by atoms with E-state index in [0.29, 0.717) is 13.0 Å². The largest absolute Gasteiger partial charge is 0.416 e. The summed E-state index contributed by atoms with van der Waals surface area (Å²) in [6, 6.07) is 3.22. The quantitative estimate of drug-likeness (QED) is 0.677. The minimum atomic E-state index is -4.51. The van der Waals surface area contributed by atoms with Gasteiger partial charge in [-0.25, -0.2) is 0 Å². The number of carbonyl (C=O) groups excluding carboxylic acids is 2. The molecule has 4 N–H and O–H groups in total. The lowest BCUT2D eigenvalue weighted by atomic mass is 10.1. The van der Waals surface area contributed by atoms with Gasteiger partial charge in [0.25, 0.3) is 0 Å². The molecule has 1 aromatic rings. The Morgan fingerprint density at radius 1 is 1.12 bits per heavy atom. The maximum atomic E-state index is 12.8. The fraction of sp³-hybridized carbons (Fsp3) is 0.500. The second kappa shape index (κ2) is 9.27. The maximum Gasteiger partial charge on any atom is 0.416 e. The van der Waals surface area contributed by atoms with E-state index in [1.807, 2.05) is 6.92 Å². The molecule has 0 saturated carbocycles. The third-order valence-corrected chi connectivity index (χ3v) is 3.22. The van der Waals surface area contributed by atoms with Crippen LogP contribution in [0, 0.1) is 0 Å². The second-order valence-electron chi connectivity index (χ2n) is 5.37. The van der Waals surface area contributed by atoms with Gasteiger partial charge in [0.2, 0.25) is 11.8 Å². The zero-order valence-corrected chi connectivity index (χ0v) is 13.5. The molecule has 0 aliphatic rings. The maximum absolute atomic E-state index is 12.8. The predicted octanol–water partition coefficient (Wildman–Crippen LogP) is 2.80. The molecule has 0 heterocycles. The molecule has 0 aromatic heterocycles. The van der Waals surface area contributed by atoms with E-state index in [1.165, 1.54) is 6.07 Å². The van der Waals surface area contributed by atoms with Crippen LogP contribution in [0.2, 0.25) is 0 Å². The van der Waals surface area contributed by atoms with Crippen molar-refractivity contribution < 1.29 is 22.8 Å². The Bertz CT molecular complexity index is 574. The molecule has 0 atom stereocenters. The summed E-state index contributed by atoms with van der Waals surface area (Å²) in [4.78, 5) is 23.2. The summed E-state index contributed by atoms with van der Waals surface area (Å²) in [5.41, 5.74) is 4.85. The number of benzene rings is 1. The van der Waals surface area contributed by atoms with E-state index in [9.17, 15) is 22.8 Å². The number of hydrogen-bond acceptors (Lipinski definition) is 3.